The Labute approximate surface area is 568 Å². The Kier molecular flexibility index (Phi) is 20.0. The van der Waals surface area contributed by atoms with Crippen molar-refractivity contribution in [3.8, 4) is 49.4 Å². The van der Waals surface area contributed by atoms with Crippen molar-refractivity contribution in [3.63, 3.8) is 0 Å². The van der Waals surface area contributed by atoms with E-state index in [0.29, 0.717) is 38.5 Å². The molecule has 14 rings (SSSR count). The number of nitrogens with zero attached hydrogens (tertiary/aromatic N) is 4. The minimum Gasteiger partial charge on any atom is -0.393 e. The predicted octanol–water partition coefficient (Wildman–Crippen LogP) is 0.213. The highest BCUT2D eigenvalue weighted by molar-refractivity contribution is 6.08. The van der Waals surface area contributed by atoms with E-state index in [-0.39, 0.29) is 42.5 Å². The van der Waals surface area contributed by atoms with Gasteiger partial charge < -0.3 is 78.0 Å². The molecule has 534 valence electrons. The molecule has 99 heavy (non-hydrogen) atoms. The Morgan fingerprint density at radius 3 is 0.970 bits per heavy atom. The topological polar surface area (TPSA) is 363 Å². The highest BCUT2D eigenvalue weighted by atomic mass is 19.1. The molecule has 0 aromatic carbocycles. The Balaban J connectivity index is 0.000000134. The Bertz CT molecular complexity index is 3270. The molecule has 0 aromatic rings. The third-order valence-electron chi connectivity index (χ3n) is 21.3. The number of rotatable bonds is 12. The lowest BCUT2D eigenvalue weighted by Gasteiger charge is -2.37. The number of carbonyl (C=O) groups excluding carboxylic acids is 8. The standard InChI is InChI=1S/C20H25NO5.C18H20FNO6.C18H21NO7.C13H14FNO6/c1-4-18(5-2)16-20(6-3,26-19(24-16)10-7-8-11-19)17(25-18)21-12-9-14(22)13-15(21)23;1-2-18-14(24-17(26-18)6-3-4-7-17)16(10-19,11-21)25-15(18)20-8-5-12(22)9-13(20)23;1-2-18-14(24-17(26-18)6-3-4-7-17)16(10-20,11-21)25-15(18)19-8-5-12(22)9-13(19)23;1-2-13(20)10(19)12(6-14,7-16)21-11(13)15-4-3-8(17)5-9(15)18/h3,9,12,16-17H,4-5,7-8,10-11,13H2,1-2H3;1,5,8,14-15,21H,3-4,6-7,9-11H2;1,5,8,14-15,20-21H,3-4,6-7,9-11H2;1,3-4,10-11,16,19-20H,5-7H2/t16-,17-,20-;14-,15-,16-,18-;14-,15-,18-;10-,11-,12-,13-/m1111/s1. The van der Waals surface area contributed by atoms with Crippen LogP contribution in [-0.2, 0) is 85.7 Å². The number of ketones is 4. The number of terminal acetylenes is 4. The zero-order valence-corrected chi connectivity index (χ0v) is 54.6. The summed E-state index contributed by atoms with van der Waals surface area (Å²) in [5, 5.41) is 59.5. The fourth-order valence-electron chi connectivity index (χ4n) is 15.9. The number of allylic oxidation sites excluding steroid dienone is 4. The van der Waals surface area contributed by atoms with Crippen molar-refractivity contribution in [2.45, 2.75) is 241 Å². The lowest BCUT2D eigenvalue weighted by Crippen LogP contribution is -2.56. The first-order chi connectivity index (χ1) is 47.2. The van der Waals surface area contributed by atoms with Gasteiger partial charge in [0, 0.05) is 63.3 Å². The van der Waals surface area contributed by atoms with Crippen LogP contribution in [0.15, 0.2) is 49.1 Å². The first-order valence-electron chi connectivity index (χ1n) is 33.0. The van der Waals surface area contributed by atoms with Gasteiger partial charge in [0.25, 0.3) is 0 Å². The van der Waals surface area contributed by atoms with Crippen molar-refractivity contribution in [3.05, 3.63) is 49.1 Å². The molecule has 11 aliphatic heterocycles. The van der Waals surface area contributed by atoms with Crippen LogP contribution >= 0.6 is 0 Å². The van der Waals surface area contributed by atoms with E-state index in [1.54, 1.807) is 0 Å². The molecule has 28 nitrogen and oxygen atoms in total. The molecular weight excluding hydrogens is 1310 g/mol. The summed E-state index contributed by atoms with van der Waals surface area (Å²) in [5.74, 6) is 3.86. The summed E-state index contributed by atoms with van der Waals surface area (Å²) >= 11 is 0. The smallest absolute Gasteiger partial charge is 0.236 e. The van der Waals surface area contributed by atoms with Gasteiger partial charge in [0.15, 0.2) is 82.2 Å². The lowest BCUT2D eigenvalue weighted by atomic mass is 9.83. The van der Waals surface area contributed by atoms with Crippen LogP contribution in [0.3, 0.4) is 0 Å². The first kappa shape index (κ1) is 73.2. The van der Waals surface area contributed by atoms with Crippen LogP contribution in [0.2, 0.25) is 0 Å². The zero-order chi connectivity index (χ0) is 71.6. The van der Waals surface area contributed by atoms with Gasteiger partial charge in [-0.15, -0.1) is 25.7 Å². The number of halogens is 2. The van der Waals surface area contributed by atoms with E-state index in [9.17, 15) is 77.8 Å². The van der Waals surface area contributed by atoms with Gasteiger partial charge in [0.1, 0.15) is 49.0 Å². The highest BCUT2D eigenvalue weighted by Crippen LogP contribution is 2.60. The van der Waals surface area contributed by atoms with E-state index in [1.807, 2.05) is 19.8 Å². The Hall–Kier alpha value is -7.02. The maximum atomic E-state index is 14.0. The van der Waals surface area contributed by atoms with E-state index in [4.69, 9.17) is 73.1 Å². The molecule has 30 heteroatoms. The maximum absolute atomic E-state index is 14.0. The number of ether oxygens (including phenoxy) is 10. The molecule has 0 unspecified atom stereocenters. The third kappa shape index (κ3) is 11.6. The number of fused-ring (bicyclic) bond motifs is 3. The normalized spacial score (nSPS) is 38.8. The molecule has 10 fully saturated rings. The minimum absolute atomic E-state index is 0.182. The SMILES string of the molecule is C#C[C@@]1(O)[C@H](O)[C@](CO)(CF)O[C@H]1N1C=CC(=O)CC1=O.C#C[C@@]12OC3(CCCC3)O[C@@H]1C(CC)(CC)O[C@H]2N1C=CC(=O)CC1=O.C#C[C@@]12OC3(CCCC3)O[C@@H]1C(CO)(CO)O[C@H]2N1C=CC(=O)CC1=O.C#C[C@@]12OC3(CCCC3)O[C@@H]1[C@](CO)(CF)O[C@H]2N1C=CC(=O)CC1=O. The number of aliphatic hydroxyl groups is 6. The molecular formula is C69H80F2N4O24. The third-order valence-corrected chi connectivity index (χ3v) is 21.3. The number of carbonyl (C=O) groups is 8. The first-order valence-corrected chi connectivity index (χ1v) is 33.0. The van der Waals surface area contributed by atoms with E-state index in [1.165, 1.54) is 46.6 Å². The van der Waals surface area contributed by atoms with Gasteiger partial charge in [0.05, 0.1) is 52.1 Å². The lowest BCUT2D eigenvalue weighted by molar-refractivity contribution is -0.254. The molecule has 6 N–H and O–H groups in total. The molecule has 3 aliphatic carbocycles. The Morgan fingerprint density at radius 1 is 0.424 bits per heavy atom. The number of hydrogen-bond donors (Lipinski definition) is 6. The van der Waals surface area contributed by atoms with Gasteiger partial charge in [-0.05, 0) is 75.7 Å². The van der Waals surface area contributed by atoms with E-state index in [0.717, 1.165) is 73.4 Å². The molecule has 0 aromatic heterocycles. The van der Waals surface area contributed by atoms with Crippen LogP contribution in [0, 0.1) is 49.4 Å². The number of amides is 4. The monoisotopic (exact) mass is 1390 g/mol. The molecule has 11 heterocycles. The fraction of sp³-hybridized carbons (Fsp3) is 0.652. The van der Waals surface area contributed by atoms with Crippen LogP contribution < -0.4 is 0 Å². The van der Waals surface area contributed by atoms with Crippen molar-refractivity contribution in [2.75, 3.05) is 39.8 Å². The molecule has 3 saturated carbocycles. The van der Waals surface area contributed by atoms with Gasteiger partial charge in [-0.25, -0.2) is 8.78 Å². The average molecular weight is 1390 g/mol. The van der Waals surface area contributed by atoms with Crippen LogP contribution in [-0.4, -0.2) is 248 Å². The van der Waals surface area contributed by atoms with Gasteiger partial charge in [-0.1, -0.05) is 37.5 Å². The second-order valence-electron chi connectivity index (χ2n) is 27.1. The summed E-state index contributed by atoms with van der Waals surface area (Å²) in [6.07, 6.45) is 33.5. The number of alkyl halides is 2. The van der Waals surface area contributed by atoms with Crippen LogP contribution in [0.4, 0.5) is 8.78 Å². The summed E-state index contributed by atoms with van der Waals surface area (Å²) in [6.45, 7) is -1.06. The second-order valence-corrected chi connectivity index (χ2v) is 27.1. The average Bonchev–Trinajstić information content (AvgIpc) is 1.54. The number of aliphatic hydroxyl groups excluding tert-OH is 5. The predicted molar refractivity (Wildman–Crippen MR) is 330 cm³/mol. The summed E-state index contributed by atoms with van der Waals surface area (Å²) in [6, 6.07) is 0. The molecule has 14 atom stereocenters. The van der Waals surface area contributed by atoms with Gasteiger partial charge in [0.2, 0.25) is 40.4 Å². The van der Waals surface area contributed by atoms with Crippen molar-refractivity contribution >= 4 is 46.8 Å². The molecule has 3 spiro atoms. The minimum atomic E-state index is -2.42. The van der Waals surface area contributed by atoms with E-state index >= 15 is 0 Å². The van der Waals surface area contributed by atoms with Crippen molar-refractivity contribution in [1.82, 2.24) is 19.6 Å². The summed E-state index contributed by atoms with van der Waals surface area (Å²) in [5.41, 5.74) is -12.7. The molecule has 4 amide bonds. The maximum Gasteiger partial charge on any atom is 0.236 e. The number of hydrogen-bond acceptors (Lipinski definition) is 24. The molecule has 7 saturated heterocycles. The molecule has 0 radical (unpaired) electrons. The van der Waals surface area contributed by atoms with Gasteiger partial charge >= 0.3 is 0 Å². The quantitative estimate of drug-likeness (QED) is 0.112. The van der Waals surface area contributed by atoms with Gasteiger partial charge in [-0.3, -0.25) is 58.0 Å². The van der Waals surface area contributed by atoms with Crippen molar-refractivity contribution in [2.24, 2.45) is 0 Å². The Morgan fingerprint density at radius 2 is 0.697 bits per heavy atom. The molecule has 0 bridgehead atoms. The summed E-state index contributed by atoms with van der Waals surface area (Å²) in [4.78, 5) is 99.5. The van der Waals surface area contributed by atoms with Crippen molar-refractivity contribution < 1.29 is 125 Å². The van der Waals surface area contributed by atoms with Crippen LogP contribution in [0.5, 0.6) is 0 Å². The van der Waals surface area contributed by atoms with E-state index in [2.05, 4.69) is 17.8 Å². The van der Waals surface area contributed by atoms with Gasteiger partial charge in [-0.2, -0.15) is 0 Å². The molecule has 14 aliphatic rings. The van der Waals surface area contributed by atoms with Crippen LogP contribution in [0.1, 0.15) is 129 Å². The van der Waals surface area contributed by atoms with E-state index < -0.39 is 181 Å². The summed E-state index contributed by atoms with van der Waals surface area (Å²) in [7, 11) is 0. The highest BCUT2D eigenvalue weighted by Gasteiger charge is 2.78. The zero-order valence-electron chi connectivity index (χ0n) is 54.6. The summed E-state index contributed by atoms with van der Waals surface area (Å²) < 4.78 is 88.1. The van der Waals surface area contributed by atoms with Crippen molar-refractivity contribution in [1.29, 1.82) is 0 Å². The largest absolute Gasteiger partial charge is 0.393 e. The second kappa shape index (κ2) is 27.1. The van der Waals surface area contributed by atoms with Crippen LogP contribution in [0.25, 0.3) is 0 Å². The fourth-order valence-corrected chi connectivity index (χ4v) is 15.9.